The molecule has 0 aliphatic heterocycles. The molecule has 1 N–H and O–H groups in total. The van der Waals surface area contributed by atoms with Gasteiger partial charge in [0.15, 0.2) is 5.43 Å². The zero-order valence-electron chi connectivity index (χ0n) is 9.42. The van der Waals surface area contributed by atoms with Gasteiger partial charge in [0.2, 0.25) is 0 Å². The van der Waals surface area contributed by atoms with E-state index in [1.807, 2.05) is 16.7 Å². The molecule has 18 heavy (non-hydrogen) atoms. The summed E-state index contributed by atoms with van der Waals surface area (Å²) in [5.74, 6) is 0. The number of benzene rings is 1. The molecule has 0 unspecified atom stereocenters. The fourth-order valence-corrected chi connectivity index (χ4v) is 2.01. The molecule has 0 saturated heterocycles. The first-order valence-electron chi connectivity index (χ1n) is 5.48. The lowest BCUT2D eigenvalue weighted by Gasteiger charge is -2.03. The van der Waals surface area contributed by atoms with E-state index in [0.29, 0.717) is 16.7 Å². The van der Waals surface area contributed by atoms with Gasteiger partial charge in [-0.2, -0.15) is 5.26 Å². The zero-order chi connectivity index (χ0) is 12.5. The number of rotatable bonds is 1. The third kappa shape index (κ3) is 1.50. The minimum Gasteiger partial charge on any atom is -0.346 e. The molecule has 2 aromatic heterocycles. The minimum absolute atomic E-state index is 0.0971. The number of hydrogen-bond donors (Lipinski definition) is 1. The summed E-state index contributed by atoms with van der Waals surface area (Å²) in [4.78, 5) is 15.0. The van der Waals surface area contributed by atoms with Crippen LogP contribution in [-0.4, -0.2) is 9.38 Å². The number of hydrogen-bond acceptors (Lipinski definition) is 2. The molecule has 3 aromatic rings. The summed E-state index contributed by atoms with van der Waals surface area (Å²) < 4.78 is 1.82. The maximum atomic E-state index is 12.1. The average molecular weight is 235 g/mol. The van der Waals surface area contributed by atoms with Gasteiger partial charge < -0.3 is 9.38 Å². The van der Waals surface area contributed by atoms with Gasteiger partial charge in [-0.15, -0.1) is 0 Å². The van der Waals surface area contributed by atoms with Crippen LogP contribution in [0.5, 0.6) is 0 Å². The molecule has 0 amide bonds. The van der Waals surface area contributed by atoms with Crippen molar-refractivity contribution in [2.24, 2.45) is 0 Å². The molecular weight excluding hydrogens is 226 g/mol. The second kappa shape index (κ2) is 3.90. The second-order valence-electron chi connectivity index (χ2n) is 3.96. The Labute approximate surface area is 103 Å². The molecule has 0 radical (unpaired) electrons. The molecule has 0 fully saturated rings. The van der Waals surface area contributed by atoms with Crippen LogP contribution >= 0.6 is 0 Å². The third-order valence-electron chi connectivity index (χ3n) is 2.88. The summed E-state index contributed by atoms with van der Waals surface area (Å²) in [5, 5.41) is 9.08. The fourth-order valence-electron chi connectivity index (χ4n) is 2.01. The molecule has 2 heterocycles. The molecule has 0 aliphatic carbocycles. The third-order valence-corrected chi connectivity index (χ3v) is 2.88. The van der Waals surface area contributed by atoms with E-state index >= 15 is 0 Å². The standard InChI is InChI=1S/C14H9N3O/c15-8-10-3-1-2-4-11(10)12-9-17-6-5-16-14(17)7-13(12)18/h1-7,9,16H. The van der Waals surface area contributed by atoms with Crippen LogP contribution in [0.1, 0.15) is 5.56 Å². The van der Waals surface area contributed by atoms with Gasteiger partial charge in [0.05, 0.1) is 11.6 Å². The normalized spacial score (nSPS) is 10.4. The Morgan fingerprint density at radius 2 is 2.06 bits per heavy atom. The Bertz CT molecular complexity index is 821. The van der Waals surface area contributed by atoms with E-state index in [-0.39, 0.29) is 5.43 Å². The van der Waals surface area contributed by atoms with E-state index in [1.165, 1.54) is 6.07 Å². The van der Waals surface area contributed by atoms with Crippen molar-refractivity contribution in [1.82, 2.24) is 9.38 Å². The Balaban J connectivity index is 2.35. The maximum absolute atomic E-state index is 12.1. The second-order valence-corrected chi connectivity index (χ2v) is 3.96. The average Bonchev–Trinajstić information content (AvgIpc) is 2.84. The summed E-state index contributed by atoms with van der Waals surface area (Å²) >= 11 is 0. The van der Waals surface area contributed by atoms with Crippen LogP contribution in [0, 0.1) is 11.3 Å². The molecule has 0 atom stereocenters. The molecule has 1 aromatic carbocycles. The number of aromatic amines is 1. The predicted molar refractivity (Wildman–Crippen MR) is 68.2 cm³/mol. The Hall–Kier alpha value is -2.80. The van der Waals surface area contributed by atoms with Gasteiger partial charge in [0, 0.05) is 35.8 Å². The summed E-state index contributed by atoms with van der Waals surface area (Å²) in [6.07, 6.45) is 5.33. The van der Waals surface area contributed by atoms with Crippen molar-refractivity contribution in [3.8, 4) is 17.2 Å². The Kier molecular flexibility index (Phi) is 2.24. The number of aromatic nitrogens is 2. The lowest BCUT2D eigenvalue weighted by molar-refractivity contribution is 1.18. The van der Waals surface area contributed by atoms with Crippen molar-refractivity contribution in [3.05, 3.63) is 64.7 Å². The highest BCUT2D eigenvalue weighted by Crippen LogP contribution is 2.20. The fraction of sp³-hybridized carbons (Fsp3) is 0. The van der Waals surface area contributed by atoms with Crippen LogP contribution < -0.4 is 5.43 Å². The lowest BCUT2D eigenvalue weighted by Crippen LogP contribution is -2.06. The van der Waals surface area contributed by atoms with Crippen LogP contribution in [-0.2, 0) is 0 Å². The highest BCUT2D eigenvalue weighted by molar-refractivity contribution is 5.70. The van der Waals surface area contributed by atoms with Crippen LogP contribution in [0.15, 0.2) is 53.7 Å². The van der Waals surface area contributed by atoms with Gasteiger partial charge in [-0.05, 0) is 6.07 Å². The number of nitrogens with one attached hydrogen (secondary N) is 1. The number of H-pyrrole nitrogens is 1. The highest BCUT2D eigenvalue weighted by Gasteiger charge is 2.09. The van der Waals surface area contributed by atoms with E-state index < -0.39 is 0 Å². The number of pyridine rings is 1. The maximum Gasteiger partial charge on any atom is 0.191 e. The van der Waals surface area contributed by atoms with E-state index in [1.54, 1.807) is 30.6 Å². The quantitative estimate of drug-likeness (QED) is 0.702. The number of fused-ring (bicyclic) bond motifs is 1. The van der Waals surface area contributed by atoms with Crippen LogP contribution in [0.2, 0.25) is 0 Å². The lowest BCUT2D eigenvalue weighted by atomic mass is 10.0. The molecule has 86 valence electrons. The summed E-state index contributed by atoms with van der Waals surface area (Å²) in [6.45, 7) is 0. The number of nitrogens with zero attached hydrogens (tertiary/aromatic N) is 2. The van der Waals surface area contributed by atoms with Gasteiger partial charge >= 0.3 is 0 Å². The summed E-state index contributed by atoms with van der Waals surface area (Å²) in [6, 6.07) is 10.7. The smallest absolute Gasteiger partial charge is 0.191 e. The first-order chi connectivity index (χ1) is 8.79. The molecular formula is C14H9N3O. The Morgan fingerprint density at radius 3 is 2.89 bits per heavy atom. The van der Waals surface area contributed by atoms with Crippen molar-refractivity contribution < 1.29 is 0 Å². The molecule has 0 bridgehead atoms. The van der Waals surface area contributed by atoms with Crippen molar-refractivity contribution in [3.63, 3.8) is 0 Å². The van der Waals surface area contributed by atoms with Crippen molar-refractivity contribution in [2.75, 3.05) is 0 Å². The number of imidazole rings is 1. The van der Waals surface area contributed by atoms with E-state index in [9.17, 15) is 4.79 Å². The largest absolute Gasteiger partial charge is 0.346 e. The number of nitriles is 1. The van der Waals surface area contributed by atoms with Crippen molar-refractivity contribution in [2.45, 2.75) is 0 Å². The SMILES string of the molecule is N#Cc1ccccc1-c1cn2cc[nH]c2cc1=O. The van der Waals surface area contributed by atoms with Gasteiger partial charge in [-0.25, -0.2) is 0 Å². The summed E-state index contributed by atoms with van der Waals surface area (Å²) in [7, 11) is 0. The van der Waals surface area contributed by atoms with Crippen LogP contribution in [0.4, 0.5) is 0 Å². The van der Waals surface area contributed by atoms with Crippen LogP contribution in [0.25, 0.3) is 16.8 Å². The van der Waals surface area contributed by atoms with E-state index in [2.05, 4.69) is 11.1 Å². The van der Waals surface area contributed by atoms with Gasteiger partial charge in [0.25, 0.3) is 0 Å². The van der Waals surface area contributed by atoms with E-state index in [4.69, 9.17) is 5.26 Å². The topological polar surface area (TPSA) is 61.1 Å². The molecule has 4 nitrogen and oxygen atoms in total. The van der Waals surface area contributed by atoms with Crippen molar-refractivity contribution in [1.29, 1.82) is 5.26 Å². The summed E-state index contributed by atoms with van der Waals surface area (Å²) in [5.41, 5.74) is 2.34. The van der Waals surface area contributed by atoms with Crippen LogP contribution in [0.3, 0.4) is 0 Å². The van der Waals surface area contributed by atoms with E-state index in [0.717, 1.165) is 5.65 Å². The van der Waals surface area contributed by atoms with Gasteiger partial charge in [-0.1, -0.05) is 18.2 Å². The predicted octanol–water partition coefficient (Wildman–Crippen LogP) is 2.17. The monoisotopic (exact) mass is 235 g/mol. The minimum atomic E-state index is -0.0971. The zero-order valence-corrected chi connectivity index (χ0v) is 9.42. The first-order valence-corrected chi connectivity index (χ1v) is 5.48. The molecule has 3 rings (SSSR count). The Morgan fingerprint density at radius 1 is 1.22 bits per heavy atom. The molecule has 0 aliphatic rings. The van der Waals surface area contributed by atoms with Gasteiger partial charge in [0.1, 0.15) is 5.65 Å². The highest BCUT2D eigenvalue weighted by atomic mass is 16.1. The molecule has 4 heteroatoms. The first kappa shape index (κ1) is 10.4. The molecule has 0 saturated carbocycles. The van der Waals surface area contributed by atoms with Gasteiger partial charge in [-0.3, -0.25) is 4.79 Å². The molecule has 0 spiro atoms. The van der Waals surface area contributed by atoms with Crippen molar-refractivity contribution >= 4 is 5.65 Å².